The van der Waals surface area contributed by atoms with Gasteiger partial charge in [0.15, 0.2) is 11.5 Å². The van der Waals surface area contributed by atoms with E-state index in [1.807, 2.05) is 12.1 Å². The van der Waals surface area contributed by atoms with Crippen molar-refractivity contribution in [1.82, 2.24) is 5.32 Å². The maximum atomic E-state index is 9.79. The molecule has 1 aromatic rings. The van der Waals surface area contributed by atoms with E-state index in [9.17, 15) is 5.11 Å². The van der Waals surface area contributed by atoms with Crippen LogP contribution in [-0.4, -0.2) is 18.3 Å². The van der Waals surface area contributed by atoms with E-state index in [-0.39, 0.29) is 5.75 Å². The van der Waals surface area contributed by atoms with E-state index in [1.165, 1.54) is 12.8 Å². The molecule has 0 heterocycles. The predicted octanol–water partition coefficient (Wildman–Crippen LogP) is 3.69. The Morgan fingerprint density at radius 3 is 2.68 bits per heavy atom. The summed E-state index contributed by atoms with van der Waals surface area (Å²) in [7, 11) is 1.57. The Morgan fingerprint density at radius 2 is 2.11 bits per heavy atom. The zero-order valence-electron chi connectivity index (χ0n) is 11.7. The Labute approximate surface area is 123 Å². The van der Waals surface area contributed by atoms with Gasteiger partial charge in [-0.3, -0.25) is 0 Å². The summed E-state index contributed by atoms with van der Waals surface area (Å²) in [6, 6.07) is 4.41. The molecule has 0 aliphatic heterocycles. The molecule has 0 bridgehead atoms. The number of nitrogens with one attached hydrogen (secondary N) is 1. The molecule has 1 aromatic carbocycles. The third-order valence-electron chi connectivity index (χ3n) is 4.34. The van der Waals surface area contributed by atoms with Crippen molar-refractivity contribution in [3.63, 3.8) is 0 Å². The van der Waals surface area contributed by atoms with Gasteiger partial charge in [-0.05, 0) is 58.3 Å². The molecule has 3 unspecified atom stereocenters. The number of hydrogen-bond donors (Lipinski definition) is 2. The third-order valence-corrected chi connectivity index (χ3v) is 4.95. The van der Waals surface area contributed by atoms with Gasteiger partial charge in [0.25, 0.3) is 0 Å². The molecular weight excluding hydrogens is 306 g/mol. The largest absolute Gasteiger partial charge is 0.503 e. The number of hydrogen-bond acceptors (Lipinski definition) is 3. The van der Waals surface area contributed by atoms with Crippen LogP contribution in [0, 0.1) is 11.8 Å². The monoisotopic (exact) mass is 327 g/mol. The lowest BCUT2D eigenvalue weighted by Gasteiger charge is -2.20. The normalized spacial score (nSPS) is 26.6. The van der Waals surface area contributed by atoms with Crippen molar-refractivity contribution in [1.29, 1.82) is 0 Å². The summed E-state index contributed by atoms with van der Waals surface area (Å²) in [6.45, 7) is 5.45. The van der Waals surface area contributed by atoms with E-state index in [4.69, 9.17) is 4.74 Å². The third kappa shape index (κ3) is 3.23. The summed E-state index contributed by atoms with van der Waals surface area (Å²) in [5.74, 6) is 2.20. The summed E-state index contributed by atoms with van der Waals surface area (Å²) in [5, 5.41) is 13.4. The van der Waals surface area contributed by atoms with E-state index in [0.29, 0.717) is 16.3 Å². The predicted molar refractivity (Wildman–Crippen MR) is 80.5 cm³/mol. The number of halogens is 1. The van der Waals surface area contributed by atoms with Crippen molar-refractivity contribution in [3.05, 3.63) is 22.2 Å². The number of benzene rings is 1. The Bertz CT molecular complexity index is 450. The smallest absolute Gasteiger partial charge is 0.172 e. The summed E-state index contributed by atoms with van der Waals surface area (Å²) in [6.07, 6.45) is 2.56. The summed E-state index contributed by atoms with van der Waals surface area (Å²) in [5.41, 5.74) is 1.12. The van der Waals surface area contributed by atoms with Gasteiger partial charge < -0.3 is 15.2 Å². The van der Waals surface area contributed by atoms with Crippen LogP contribution in [0.15, 0.2) is 16.6 Å². The quantitative estimate of drug-likeness (QED) is 0.886. The molecule has 19 heavy (non-hydrogen) atoms. The highest BCUT2D eigenvalue weighted by Gasteiger charge is 2.29. The summed E-state index contributed by atoms with van der Waals surface area (Å²) in [4.78, 5) is 0. The van der Waals surface area contributed by atoms with Crippen molar-refractivity contribution in [2.24, 2.45) is 11.8 Å². The van der Waals surface area contributed by atoms with Gasteiger partial charge in [0.1, 0.15) is 0 Å². The SMILES string of the molecule is COc1cc(CNC2CCC(C)C2C)cc(Br)c1O. The molecular formula is C15H22BrNO2. The van der Waals surface area contributed by atoms with Crippen LogP contribution in [0.25, 0.3) is 0 Å². The van der Waals surface area contributed by atoms with E-state index < -0.39 is 0 Å². The van der Waals surface area contributed by atoms with Crippen LogP contribution in [0.4, 0.5) is 0 Å². The van der Waals surface area contributed by atoms with Gasteiger partial charge in [0, 0.05) is 12.6 Å². The van der Waals surface area contributed by atoms with Crippen molar-refractivity contribution < 1.29 is 9.84 Å². The fourth-order valence-electron chi connectivity index (χ4n) is 2.79. The maximum Gasteiger partial charge on any atom is 0.172 e. The number of ether oxygens (including phenoxy) is 1. The van der Waals surface area contributed by atoms with Crippen molar-refractivity contribution in [2.45, 2.75) is 39.3 Å². The first-order valence-electron chi connectivity index (χ1n) is 6.81. The summed E-state index contributed by atoms with van der Waals surface area (Å²) < 4.78 is 5.85. The highest BCUT2D eigenvalue weighted by Crippen LogP contribution is 2.35. The molecule has 1 aliphatic carbocycles. The highest BCUT2D eigenvalue weighted by molar-refractivity contribution is 9.10. The Balaban J connectivity index is 2.02. The van der Waals surface area contributed by atoms with Crippen LogP contribution in [0.5, 0.6) is 11.5 Å². The summed E-state index contributed by atoms with van der Waals surface area (Å²) >= 11 is 3.35. The topological polar surface area (TPSA) is 41.5 Å². The fourth-order valence-corrected chi connectivity index (χ4v) is 3.28. The lowest BCUT2D eigenvalue weighted by atomic mass is 9.97. The molecule has 2 rings (SSSR count). The molecule has 1 aliphatic rings. The Morgan fingerprint density at radius 1 is 1.37 bits per heavy atom. The molecule has 1 fully saturated rings. The second kappa shape index (κ2) is 6.14. The van der Waals surface area contributed by atoms with E-state index in [1.54, 1.807) is 7.11 Å². The Hall–Kier alpha value is -0.740. The second-order valence-electron chi connectivity index (χ2n) is 5.53. The molecule has 0 amide bonds. The van der Waals surface area contributed by atoms with Crippen molar-refractivity contribution >= 4 is 15.9 Å². The minimum Gasteiger partial charge on any atom is -0.503 e. The maximum absolute atomic E-state index is 9.79. The molecule has 1 saturated carbocycles. The zero-order chi connectivity index (χ0) is 14.0. The molecule has 3 atom stereocenters. The van der Waals surface area contributed by atoms with Crippen LogP contribution in [0.1, 0.15) is 32.3 Å². The van der Waals surface area contributed by atoms with Crippen LogP contribution >= 0.6 is 15.9 Å². The van der Waals surface area contributed by atoms with Gasteiger partial charge >= 0.3 is 0 Å². The minimum atomic E-state index is 0.161. The first kappa shape index (κ1) is 14.7. The lowest BCUT2D eigenvalue weighted by molar-refractivity contribution is 0.364. The molecule has 0 radical (unpaired) electrons. The molecule has 0 spiro atoms. The van der Waals surface area contributed by atoms with Gasteiger partial charge in [-0.1, -0.05) is 13.8 Å². The van der Waals surface area contributed by atoms with E-state index in [0.717, 1.165) is 23.9 Å². The fraction of sp³-hybridized carbons (Fsp3) is 0.600. The number of phenolic OH excluding ortho intramolecular Hbond substituents is 1. The molecule has 0 aromatic heterocycles. The first-order chi connectivity index (χ1) is 9.02. The second-order valence-corrected chi connectivity index (χ2v) is 6.38. The van der Waals surface area contributed by atoms with E-state index in [2.05, 4.69) is 35.1 Å². The molecule has 106 valence electrons. The van der Waals surface area contributed by atoms with Gasteiger partial charge in [0.2, 0.25) is 0 Å². The first-order valence-corrected chi connectivity index (χ1v) is 7.61. The van der Waals surface area contributed by atoms with Crippen molar-refractivity contribution in [3.8, 4) is 11.5 Å². The lowest BCUT2D eigenvalue weighted by Crippen LogP contribution is -2.31. The number of aromatic hydroxyl groups is 1. The van der Waals surface area contributed by atoms with Gasteiger partial charge in [0.05, 0.1) is 11.6 Å². The van der Waals surface area contributed by atoms with Crippen LogP contribution in [-0.2, 0) is 6.54 Å². The average Bonchev–Trinajstić information content (AvgIpc) is 2.71. The standard InChI is InChI=1S/C15H22BrNO2/c1-9-4-5-13(10(9)2)17-8-11-6-12(16)15(18)14(7-11)19-3/h6-7,9-10,13,17-18H,4-5,8H2,1-3H3. The van der Waals surface area contributed by atoms with Crippen LogP contribution in [0.3, 0.4) is 0 Å². The average molecular weight is 328 g/mol. The molecule has 4 heteroatoms. The van der Waals surface area contributed by atoms with E-state index >= 15 is 0 Å². The number of rotatable bonds is 4. The molecule has 0 saturated heterocycles. The van der Waals surface area contributed by atoms with Crippen LogP contribution < -0.4 is 10.1 Å². The number of phenols is 1. The van der Waals surface area contributed by atoms with Crippen LogP contribution in [0.2, 0.25) is 0 Å². The molecule has 3 nitrogen and oxygen atoms in total. The van der Waals surface area contributed by atoms with Crippen molar-refractivity contribution in [2.75, 3.05) is 7.11 Å². The molecule has 2 N–H and O–H groups in total. The van der Waals surface area contributed by atoms with Gasteiger partial charge in [-0.2, -0.15) is 0 Å². The van der Waals surface area contributed by atoms with Gasteiger partial charge in [-0.25, -0.2) is 0 Å². The van der Waals surface area contributed by atoms with Gasteiger partial charge in [-0.15, -0.1) is 0 Å². The Kier molecular flexibility index (Phi) is 4.74. The zero-order valence-corrected chi connectivity index (χ0v) is 13.3. The minimum absolute atomic E-state index is 0.161. The highest BCUT2D eigenvalue weighted by atomic mass is 79.9. The number of methoxy groups -OCH3 is 1.